The Balaban J connectivity index is 2.29. The van der Waals surface area contributed by atoms with Crippen LogP contribution < -0.4 is 5.73 Å². The number of nitrogens with two attached hydrogens (primary N) is 1. The fourth-order valence-corrected chi connectivity index (χ4v) is 1.45. The molecular weight excluding hydrogens is 150 g/mol. The number of ketones is 1. The van der Waals surface area contributed by atoms with E-state index in [1.165, 1.54) is 6.42 Å². The van der Waals surface area contributed by atoms with Crippen molar-refractivity contribution in [1.82, 2.24) is 0 Å². The normalized spacial score (nSPS) is 18.8. The Kier molecular flexibility index (Phi) is 2.88. The molecule has 0 aromatic rings. The smallest absolute Gasteiger partial charge is 0.146 e. The van der Waals surface area contributed by atoms with E-state index in [0.717, 1.165) is 12.8 Å². The molecule has 1 saturated carbocycles. The van der Waals surface area contributed by atoms with Crippen LogP contribution in [0.3, 0.4) is 0 Å². The third kappa shape index (κ3) is 2.35. The van der Waals surface area contributed by atoms with Gasteiger partial charge in [0.1, 0.15) is 5.78 Å². The summed E-state index contributed by atoms with van der Waals surface area (Å²) in [4.78, 5) is 11.2. The SMILES string of the molecule is CC#CCC(=O)CC1(N)CCC1. The molecule has 0 radical (unpaired) electrons. The Bertz CT molecular complexity index is 230. The van der Waals surface area contributed by atoms with Crippen LogP contribution in [0.5, 0.6) is 0 Å². The van der Waals surface area contributed by atoms with Gasteiger partial charge in [-0.1, -0.05) is 5.92 Å². The van der Waals surface area contributed by atoms with Gasteiger partial charge >= 0.3 is 0 Å². The van der Waals surface area contributed by atoms with Crippen molar-refractivity contribution in [3.63, 3.8) is 0 Å². The highest BCUT2D eigenvalue weighted by Crippen LogP contribution is 2.32. The van der Waals surface area contributed by atoms with E-state index in [-0.39, 0.29) is 11.3 Å². The molecular formula is C10H15NO. The number of rotatable bonds is 3. The molecule has 0 aromatic heterocycles. The molecule has 1 aliphatic rings. The van der Waals surface area contributed by atoms with Crippen LogP contribution in [-0.2, 0) is 4.79 Å². The molecule has 1 rings (SSSR count). The highest BCUT2D eigenvalue weighted by molar-refractivity contribution is 5.82. The maximum absolute atomic E-state index is 11.2. The summed E-state index contributed by atoms with van der Waals surface area (Å²) in [6.07, 6.45) is 4.05. The number of carbonyl (C=O) groups is 1. The summed E-state index contributed by atoms with van der Waals surface area (Å²) in [6.45, 7) is 1.74. The molecule has 2 N–H and O–H groups in total. The Hall–Kier alpha value is -0.810. The monoisotopic (exact) mass is 165 g/mol. The van der Waals surface area contributed by atoms with Gasteiger partial charge in [0.25, 0.3) is 0 Å². The first-order valence-electron chi connectivity index (χ1n) is 4.36. The predicted octanol–water partition coefficient (Wildman–Crippen LogP) is 1.24. The fraction of sp³-hybridized carbons (Fsp3) is 0.700. The van der Waals surface area contributed by atoms with Gasteiger partial charge in [0.15, 0.2) is 0 Å². The second-order valence-corrected chi connectivity index (χ2v) is 3.53. The van der Waals surface area contributed by atoms with E-state index in [1.807, 2.05) is 0 Å². The minimum atomic E-state index is -0.174. The van der Waals surface area contributed by atoms with Gasteiger partial charge in [0, 0.05) is 12.0 Å². The lowest BCUT2D eigenvalue weighted by molar-refractivity contribution is -0.119. The molecule has 1 fully saturated rings. The van der Waals surface area contributed by atoms with Crippen LogP contribution in [0.15, 0.2) is 0 Å². The van der Waals surface area contributed by atoms with Crippen molar-refractivity contribution in [3.8, 4) is 11.8 Å². The third-order valence-electron chi connectivity index (χ3n) is 2.36. The first kappa shape index (κ1) is 9.28. The summed E-state index contributed by atoms with van der Waals surface area (Å²) < 4.78 is 0. The lowest BCUT2D eigenvalue weighted by atomic mass is 9.74. The molecule has 0 spiro atoms. The number of hydrogen-bond donors (Lipinski definition) is 1. The van der Waals surface area contributed by atoms with Crippen LogP contribution in [-0.4, -0.2) is 11.3 Å². The fourth-order valence-electron chi connectivity index (χ4n) is 1.45. The minimum absolute atomic E-state index is 0.174. The van der Waals surface area contributed by atoms with E-state index >= 15 is 0 Å². The largest absolute Gasteiger partial charge is 0.325 e. The minimum Gasteiger partial charge on any atom is -0.325 e. The molecule has 0 saturated heterocycles. The van der Waals surface area contributed by atoms with Gasteiger partial charge in [-0.2, -0.15) is 0 Å². The topological polar surface area (TPSA) is 43.1 Å². The van der Waals surface area contributed by atoms with Crippen LogP contribution in [0.2, 0.25) is 0 Å². The van der Waals surface area contributed by atoms with E-state index in [1.54, 1.807) is 6.92 Å². The average molecular weight is 165 g/mol. The maximum atomic E-state index is 11.2. The lowest BCUT2D eigenvalue weighted by Gasteiger charge is -2.37. The molecule has 12 heavy (non-hydrogen) atoms. The summed E-state index contributed by atoms with van der Waals surface area (Å²) >= 11 is 0. The lowest BCUT2D eigenvalue weighted by Crippen LogP contribution is -2.48. The zero-order valence-electron chi connectivity index (χ0n) is 7.52. The Morgan fingerprint density at radius 1 is 1.58 bits per heavy atom. The Morgan fingerprint density at radius 3 is 2.67 bits per heavy atom. The van der Waals surface area contributed by atoms with E-state index in [2.05, 4.69) is 11.8 Å². The number of hydrogen-bond acceptors (Lipinski definition) is 2. The number of carbonyl (C=O) groups excluding carboxylic acids is 1. The van der Waals surface area contributed by atoms with E-state index in [9.17, 15) is 4.79 Å². The van der Waals surface area contributed by atoms with Gasteiger partial charge in [0.05, 0.1) is 6.42 Å². The molecule has 2 nitrogen and oxygen atoms in total. The van der Waals surface area contributed by atoms with Crippen LogP contribution in [0, 0.1) is 11.8 Å². The Labute approximate surface area is 73.5 Å². The van der Waals surface area contributed by atoms with Gasteiger partial charge in [0.2, 0.25) is 0 Å². The summed E-state index contributed by atoms with van der Waals surface area (Å²) in [5.41, 5.74) is 5.73. The average Bonchev–Trinajstić information content (AvgIpc) is 1.98. The van der Waals surface area contributed by atoms with E-state index in [4.69, 9.17) is 5.73 Å². The summed E-state index contributed by atoms with van der Waals surface area (Å²) in [5, 5.41) is 0. The van der Waals surface area contributed by atoms with Crippen LogP contribution in [0.4, 0.5) is 0 Å². The zero-order valence-corrected chi connectivity index (χ0v) is 7.52. The van der Waals surface area contributed by atoms with E-state index in [0.29, 0.717) is 12.8 Å². The van der Waals surface area contributed by atoms with Crippen molar-refractivity contribution in [2.75, 3.05) is 0 Å². The zero-order chi connectivity index (χ0) is 9.03. The second-order valence-electron chi connectivity index (χ2n) is 3.53. The van der Waals surface area contributed by atoms with Gasteiger partial charge < -0.3 is 5.73 Å². The van der Waals surface area contributed by atoms with Crippen LogP contribution >= 0.6 is 0 Å². The van der Waals surface area contributed by atoms with Crippen molar-refractivity contribution in [2.24, 2.45) is 5.73 Å². The van der Waals surface area contributed by atoms with Crippen molar-refractivity contribution in [1.29, 1.82) is 0 Å². The molecule has 0 heterocycles. The molecule has 0 aliphatic heterocycles. The molecule has 1 aliphatic carbocycles. The highest BCUT2D eigenvalue weighted by Gasteiger charge is 2.33. The molecule has 66 valence electrons. The third-order valence-corrected chi connectivity index (χ3v) is 2.36. The van der Waals surface area contributed by atoms with Crippen molar-refractivity contribution >= 4 is 5.78 Å². The van der Waals surface area contributed by atoms with Gasteiger partial charge in [-0.05, 0) is 26.2 Å². The first-order chi connectivity index (χ1) is 5.66. The number of Topliss-reactive ketones (excluding diaryl/α,β-unsaturated/α-hetero) is 1. The van der Waals surface area contributed by atoms with Gasteiger partial charge in [-0.3, -0.25) is 4.79 Å². The molecule has 0 amide bonds. The highest BCUT2D eigenvalue weighted by atomic mass is 16.1. The van der Waals surface area contributed by atoms with Gasteiger partial charge in [-0.15, -0.1) is 5.92 Å². The van der Waals surface area contributed by atoms with Crippen LogP contribution in [0.1, 0.15) is 39.0 Å². The first-order valence-corrected chi connectivity index (χ1v) is 4.36. The molecule has 0 aromatic carbocycles. The maximum Gasteiger partial charge on any atom is 0.146 e. The summed E-state index contributed by atoms with van der Waals surface area (Å²) in [6, 6.07) is 0. The quantitative estimate of drug-likeness (QED) is 0.639. The van der Waals surface area contributed by atoms with Gasteiger partial charge in [-0.25, -0.2) is 0 Å². The summed E-state index contributed by atoms with van der Waals surface area (Å²) in [7, 11) is 0. The predicted molar refractivity (Wildman–Crippen MR) is 48.5 cm³/mol. The van der Waals surface area contributed by atoms with Crippen molar-refractivity contribution in [3.05, 3.63) is 0 Å². The van der Waals surface area contributed by atoms with Crippen molar-refractivity contribution < 1.29 is 4.79 Å². The molecule has 0 bridgehead atoms. The molecule has 0 unspecified atom stereocenters. The standard InChI is InChI=1S/C10H15NO/c1-2-3-5-9(12)8-10(11)6-4-7-10/h4-8,11H2,1H3. The van der Waals surface area contributed by atoms with E-state index < -0.39 is 0 Å². The summed E-state index contributed by atoms with van der Waals surface area (Å²) in [5.74, 6) is 5.66. The van der Waals surface area contributed by atoms with Crippen LogP contribution in [0.25, 0.3) is 0 Å². The second kappa shape index (κ2) is 3.73. The van der Waals surface area contributed by atoms with Crippen molar-refractivity contribution in [2.45, 2.75) is 44.6 Å². The molecule has 2 heteroatoms. The molecule has 0 atom stereocenters. The Morgan fingerprint density at radius 2 is 2.25 bits per heavy atom.